The molecule has 0 unspecified atom stereocenters. The van der Waals surface area contributed by atoms with E-state index in [2.05, 4.69) is 5.32 Å². The fraction of sp³-hybridized carbons (Fsp3) is 0.235. The van der Waals surface area contributed by atoms with Crippen molar-refractivity contribution in [2.24, 2.45) is 0 Å². The molecule has 0 aliphatic heterocycles. The molecule has 116 valence electrons. The van der Waals surface area contributed by atoms with Gasteiger partial charge in [-0.1, -0.05) is 6.07 Å². The molecule has 0 saturated carbocycles. The maximum atomic E-state index is 13.2. The molecule has 0 aliphatic rings. The minimum atomic E-state index is -0.395. The lowest BCUT2D eigenvalue weighted by molar-refractivity contribution is -0.118. The first kappa shape index (κ1) is 15.8. The Labute approximate surface area is 128 Å². The third-order valence-electron chi connectivity index (χ3n) is 2.98. The Balaban J connectivity index is 1.88. The van der Waals surface area contributed by atoms with Gasteiger partial charge < -0.3 is 14.8 Å². The van der Waals surface area contributed by atoms with Gasteiger partial charge in [0, 0.05) is 5.69 Å². The Kier molecular flexibility index (Phi) is 5.36. The number of hydrogen-bond donors (Lipinski definition) is 1. The molecule has 4 nitrogen and oxygen atoms in total. The summed E-state index contributed by atoms with van der Waals surface area (Å²) in [6, 6.07) is 11.2. The van der Waals surface area contributed by atoms with Crippen LogP contribution in [0.25, 0.3) is 0 Å². The summed E-state index contributed by atoms with van der Waals surface area (Å²) in [5, 5.41) is 2.62. The number of hydrogen-bond acceptors (Lipinski definition) is 3. The quantitative estimate of drug-likeness (QED) is 0.887. The highest BCUT2D eigenvalue weighted by Gasteiger charge is 2.07. The van der Waals surface area contributed by atoms with Crippen molar-refractivity contribution in [1.82, 2.24) is 0 Å². The van der Waals surface area contributed by atoms with E-state index in [1.807, 2.05) is 6.92 Å². The Morgan fingerprint density at radius 1 is 1.09 bits per heavy atom. The number of benzene rings is 2. The highest BCUT2D eigenvalue weighted by Crippen LogP contribution is 2.18. The van der Waals surface area contributed by atoms with Gasteiger partial charge in [-0.05, 0) is 55.8 Å². The van der Waals surface area contributed by atoms with Crippen LogP contribution in [0.3, 0.4) is 0 Å². The van der Waals surface area contributed by atoms with Gasteiger partial charge in [0.05, 0.1) is 6.61 Å². The average molecular weight is 303 g/mol. The van der Waals surface area contributed by atoms with Gasteiger partial charge in [0.15, 0.2) is 6.61 Å². The van der Waals surface area contributed by atoms with Crippen LogP contribution in [-0.2, 0) is 4.79 Å². The highest BCUT2D eigenvalue weighted by molar-refractivity contribution is 5.92. The molecule has 2 aromatic rings. The average Bonchev–Trinajstić information content (AvgIpc) is 2.51. The molecule has 0 atom stereocenters. The van der Waals surface area contributed by atoms with Crippen LogP contribution in [0.2, 0.25) is 0 Å². The van der Waals surface area contributed by atoms with Crippen molar-refractivity contribution in [3.05, 3.63) is 53.8 Å². The van der Waals surface area contributed by atoms with Crippen molar-refractivity contribution in [1.29, 1.82) is 0 Å². The molecule has 0 aliphatic carbocycles. The summed E-state index contributed by atoms with van der Waals surface area (Å²) in [7, 11) is 0. The van der Waals surface area contributed by atoms with Gasteiger partial charge in [0.1, 0.15) is 17.3 Å². The molecule has 0 heterocycles. The topological polar surface area (TPSA) is 47.6 Å². The van der Waals surface area contributed by atoms with E-state index < -0.39 is 5.82 Å². The first-order valence-corrected chi connectivity index (χ1v) is 7.00. The predicted molar refractivity (Wildman–Crippen MR) is 82.9 cm³/mol. The lowest BCUT2D eigenvalue weighted by Gasteiger charge is -2.10. The molecule has 0 bridgehead atoms. The van der Waals surface area contributed by atoms with Crippen LogP contribution >= 0.6 is 0 Å². The standard InChI is InChI=1S/C17H18FNO3/c1-3-21-14-6-8-15(9-7-14)22-11-17(20)19-16-10-13(18)5-4-12(16)2/h4-10H,3,11H2,1-2H3,(H,19,20). The second-order valence-electron chi connectivity index (χ2n) is 4.70. The van der Waals surface area contributed by atoms with Crippen molar-refractivity contribution in [3.8, 4) is 11.5 Å². The Bertz CT molecular complexity index is 641. The Morgan fingerprint density at radius 2 is 1.73 bits per heavy atom. The van der Waals surface area contributed by atoms with Gasteiger partial charge in [-0.15, -0.1) is 0 Å². The van der Waals surface area contributed by atoms with Gasteiger partial charge in [-0.25, -0.2) is 4.39 Å². The van der Waals surface area contributed by atoms with E-state index in [0.29, 0.717) is 18.0 Å². The Hall–Kier alpha value is -2.56. The molecule has 1 amide bonds. The fourth-order valence-corrected chi connectivity index (χ4v) is 1.86. The summed E-state index contributed by atoms with van der Waals surface area (Å²) in [6.45, 7) is 4.14. The molecule has 0 radical (unpaired) electrons. The molecular weight excluding hydrogens is 285 g/mol. The zero-order valence-electron chi connectivity index (χ0n) is 12.6. The maximum Gasteiger partial charge on any atom is 0.262 e. The van der Waals surface area contributed by atoms with E-state index >= 15 is 0 Å². The van der Waals surface area contributed by atoms with Crippen LogP contribution < -0.4 is 14.8 Å². The molecule has 22 heavy (non-hydrogen) atoms. The zero-order valence-corrected chi connectivity index (χ0v) is 12.6. The molecule has 0 saturated heterocycles. The van der Waals surface area contributed by atoms with Crippen LogP contribution in [0.1, 0.15) is 12.5 Å². The molecule has 0 spiro atoms. The highest BCUT2D eigenvalue weighted by atomic mass is 19.1. The van der Waals surface area contributed by atoms with Gasteiger partial charge in [0.25, 0.3) is 5.91 Å². The van der Waals surface area contributed by atoms with Crippen molar-refractivity contribution >= 4 is 11.6 Å². The third kappa shape index (κ3) is 4.48. The minimum Gasteiger partial charge on any atom is -0.494 e. The predicted octanol–water partition coefficient (Wildman–Crippen LogP) is 3.55. The van der Waals surface area contributed by atoms with E-state index in [4.69, 9.17) is 9.47 Å². The monoisotopic (exact) mass is 303 g/mol. The molecule has 1 N–H and O–H groups in total. The van der Waals surface area contributed by atoms with Crippen molar-refractivity contribution < 1.29 is 18.7 Å². The molecule has 0 fully saturated rings. The number of ether oxygens (including phenoxy) is 2. The summed E-state index contributed by atoms with van der Waals surface area (Å²) in [5.41, 5.74) is 1.23. The molecule has 0 aromatic heterocycles. The number of carbonyl (C=O) groups is 1. The van der Waals surface area contributed by atoms with Crippen LogP contribution in [0.15, 0.2) is 42.5 Å². The summed E-state index contributed by atoms with van der Waals surface area (Å²) in [6.07, 6.45) is 0. The third-order valence-corrected chi connectivity index (χ3v) is 2.98. The summed E-state index contributed by atoms with van der Waals surface area (Å²) >= 11 is 0. The molecule has 2 rings (SSSR count). The first-order valence-electron chi connectivity index (χ1n) is 7.00. The number of rotatable bonds is 6. The smallest absolute Gasteiger partial charge is 0.262 e. The van der Waals surface area contributed by atoms with Crippen LogP contribution in [0, 0.1) is 12.7 Å². The lowest BCUT2D eigenvalue weighted by Crippen LogP contribution is -2.20. The number of anilines is 1. The van der Waals surface area contributed by atoms with Crippen LogP contribution in [0.4, 0.5) is 10.1 Å². The lowest BCUT2D eigenvalue weighted by atomic mass is 10.2. The number of halogens is 1. The van der Waals surface area contributed by atoms with Gasteiger partial charge in [0.2, 0.25) is 0 Å². The molecule has 2 aromatic carbocycles. The fourth-order valence-electron chi connectivity index (χ4n) is 1.86. The van der Waals surface area contributed by atoms with Crippen LogP contribution in [0.5, 0.6) is 11.5 Å². The number of nitrogens with one attached hydrogen (secondary N) is 1. The zero-order chi connectivity index (χ0) is 15.9. The largest absolute Gasteiger partial charge is 0.494 e. The number of carbonyl (C=O) groups excluding carboxylic acids is 1. The van der Waals surface area contributed by atoms with E-state index in [9.17, 15) is 9.18 Å². The summed E-state index contributed by atoms with van der Waals surface area (Å²) < 4.78 is 23.9. The summed E-state index contributed by atoms with van der Waals surface area (Å²) in [4.78, 5) is 11.8. The normalized spacial score (nSPS) is 10.1. The van der Waals surface area contributed by atoms with Crippen molar-refractivity contribution in [2.75, 3.05) is 18.5 Å². The van der Waals surface area contributed by atoms with Gasteiger partial charge in [-0.2, -0.15) is 0 Å². The van der Waals surface area contributed by atoms with E-state index in [-0.39, 0.29) is 12.5 Å². The maximum absolute atomic E-state index is 13.2. The number of aryl methyl sites for hydroxylation is 1. The molecule has 5 heteroatoms. The SMILES string of the molecule is CCOc1ccc(OCC(=O)Nc2cc(F)ccc2C)cc1. The second-order valence-corrected chi connectivity index (χ2v) is 4.70. The van der Waals surface area contributed by atoms with Crippen LogP contribution in [-0.4, -0.2) is 19.1 Å². The van der Waals surface area contributed by atoms with Crippen molar-refractivity contribution in [2.45, 2.75) is 13.8 Å². The number of amides is 1. The van der Waals surface area contributed by atoms with E-state index in [1.165, 1.54) is 12.1 Å². The second kappa shape index (κ2) is 7.45. The first-order chi connectivity index (χ1) is 10.6. The molecular formula is C17H18FNO3. The minimum absolute atomic E-state index is 0.149. The van der Waals surface area contributed by atoms with Gasteiger partial charge in [-0.3, -0.25) is 4.79 Å². The Morgan fingerprint density at radius 3 is 2.36 bits per heavy atom. The van der Waals surface area contributed by atoms with Gasteiger partial charge >= 0.3 is 0 Å². The van der Waals surface area contributed by atoms with E-state index in [1.54, 1.807) is 37.3 Å². The summed E-state index contributed by atoms with van der Waals surface area (Å²) in [5.74, 6) is 0.570. The van der Waals surface area contributed by atoms with Crippen molar-refractivity contribution in [3.63, 3.8) is 0 Å². The van der Waals surface area contributed by atoms with E-state index in [0.717, 1.165) is 11.3 Å².